The van der Waals surface area contributed by atoms with Crippen molar-refractivity contribution in [3.8, 4) is 34.1 Å². The average Bonchev–Trinajstić information content (AvgIpc) is 3.94. The van der Waals surface area contributed by atoms with E-state index in [1.807, 2.05) is 36.5 Å². The molecule has 0 radical (unpaired) electrons. The Balaban J connectivity index is 0.00000422. The molecule has 0 saturated heterocycles. The molecule has 0 spiro atoms. The number of hydrogen-bond acceptors (Lipinski definition) is 4. The normalized spacial score (nSPS) is 12.8. The van der Waals surface area contributed by atoms with Crippen LogP contribution in [0, 0.1) is 18.8 Å². The summed E-state index contributed by atoms with van der Waals surface area (Å²) in [5.41, 5.74) is 10.8. The second-order valence-corrected chi connectivity index (χ2v) is 15.1. The van der Waals surface area contributed by atoms with Crippen molar-refractivity contribution in [2.75, 3.05) is 9.80 Å². The van der Waals surface area contributed by atoms with Crippen molar-refractivity contribution in [2.45, 2.75) is 26.2 Å². The van der Waals surface area contributed by atoms with E-state index in [1.165, 1.54) is 5.56 Å². The topological polar surface area (TPSA) is 38.5 Å². The molecule has 7 heteroatoms. The fourth-order valence-electron chi connectivity index (χ4n) is 7.86. The van der Waals surface area contributed by atoms with E-state index in [-0.39, 0.29) is 25.8 Å². The number of ether oxygens (including phenoxy) is 1. The number of fused-ring (bicyclic) bond motifs is 5. The molecule has 0 saturated carbocycles. The van der Waals surface area contributed by atoms with Gasteiger partial charge >= 0.3 is 0 Å². The zero-order valence-corrected chi connectivity index (χ0v) is 33.3. The van der Waals surface area contributed by atoms with Gasteiger partial charge in [-0.1, -0.05) is 117 Å². The van der Waals surface area contributed by atoms with Crippen LogP contribution in [0.4, 0.5) is 11.4 Å². The quantitative estimate of drug-likeness (QED) is 0.118. The number of aromatic nitrogens is 3. The summed E-state index contributed by atoms with van der Waals surface area (Å²) < 4.78 is 11.2. The Hall–Kier alpha value is -6.39. The number of hydrogen-bond donors (Lipinski definition) is 0. The fourth-order valence-corrected chi connectivity index (χ4v) is 7.86. The van der Waals surface area contributed by atoms with Gasteiger partial charge in [-0.3, -0.25) is 0 Å². The van der Waals surface area contributed by atoms with Gasteiger partial charge in [0.05, 0.1) is 11.0 Å². The molecule has 0 amide bonds. The monoisotopic (exact) mass is 830 g/mol. The summed E-state index contributed by atoms with van der Waals surface area (Å²) >= 11 is 0. The zero-order valence-electron chi connectivity index (χ0n) is 31.7. The maximum atomic E-state index is 6.59. The summed E-state index contributed by atoms with van der Waals surface area (Å²) in [6, 6.07) is 59.6. The largest absolute Gasteiger partial charge is 0.509 e. The number of nitrogens with zero attached hydrogens (tertiary/aromatic N) is 5. The van der Waals surface area contributed by atoms with Crippen molar-refractivity contribution in [2.24, 2.45) is 0 Å². The molecule has 6 nitrogen and oxygen atoms in total. The van der Waals surface area contributed by atoms with Gasteiger partial charge in [0.15, 0.2) is 0 Å². The number of pyridine rings is 1. The van der Waals surface area contributed by atoms with E-state index in [4.69, 9.17) is 9.72 Å². The van der Waals surface area contributed by atoms with Crippen LogP contribution < -0.4 is 14.5 Å². The summed E-state index contributed by atoms with van der Waals surface area (Å²) in [5, 5.41) is 2.17. The van der Waals surface area contributed by atoms with E-state index in [2.05, 4.69) is 192 Å². The molecule has 1 aliphatic rings. The zero-order chi connectivity index (χ0) is 37.8. The number of para-hydroxylation sites is 3. The van der Waals surface area contributed by atoms with Gasteiger partial charge in [0.1, 0.15) is 5.82 Å². The molecule has 1 aliphatic heterocycles. The van der Waals surface area contributed by atoms with Crippen LogP contribution in [0.3, 0.4) is 0 Å². The maximum absolute atomic E-state index is 6.59. The van der Waals surface area contributed by atoms with Crippen LogP contribution in [0.15, 0.2) is 170 Å². The second kappa shape index (κ2) is 14.6. The van der Waals surface area contributed by atoms with Crippen LogP contribution in [0.25, 0.3) is 55.5 Å². The van der Waals surface area contributed by atoms with E-state index >= 15 is 0 Å². The molecule has 4 heterocycles. The van der Waals surface area contributed by atoms with Gasteiger partial charge in [-0.2, -0.15) is 12.1 Å². The van der Waals surface area contributed by atoms with Crippen molar-refractivity contribution in [1.82, 2.24) is 14.1 Å². The third kappa shape index (κ3) is 6.49. The van der Waals surface area contributed by atoms with Crippen molar-refractivity contribution < 1.29 is 25.2 Å². The van der Waals surface area contributed by atoms with Gasteiger partial charge in [-0.05, 0) is 70.9 Å². The molecular weight excluding hydrogens is 793 g/mol. The van der Waals surface area contributed by atoms with Gasteiger partial charge in [0, 0.05) is 60.4 Å². The molecule has 0 fully saturated rings. The summed E-state index contributed by atoms with van der Waals surface area (Å²) in [6.07, 6.45) is 6.02. The summed E-state index contributed by atoms with van der Waals surface area (Å²) in [5.74, 6) is 1.99. The fraction of sp³-hybridized carbons (Fsp3) is 0.0800. The van der Waals surface area contributed by atoms with Crippen LogP contribution in [0.2, 0.25) is 0 Å². The maximum Gasteiger partial charge on any atom is 0.136 e. The van der Waals surface area contributed by atoms with Gasteiger partial charge in [-0.15, -0.1) is 42.7 Å². The van der Waals surface area contributed by atoms with Crippen LogP contribution in [0.5, 0.6) is 11.5 Å². The third-order valence-corrected chi connectivity index (χ3v) is 10.4. The van der Waals surface area contributed by atoms with Gasteiger partial charge in [0.25, 0.3) is 0 Å². The summed E-state index contributed by atoms with van der Waals surface area (Å²) in [7, 11) is 0. The Labute approximate surface area is 346 Å². The van der Waals surface area contributed by atoms with Crippen LogP contribution in [0.1, 0.15) is 26.3 Å². The standard InChI is InChI=1S/C50H38N5O.Pd/c1-50(2,3)43-22-11-13-24-45(43)53-30-29-52(34-53)38-19-14-20-39(32-38)56-40-25-26-42-46(33-40)55(47-31-36(27-28-51-47)35-15-6-4-7-16-35)49-41-21-10-12-23-44(41)54(48(42)49)37-17-8-5-9-18-37;/h4-31,34H,1-3H3;/q-3;. The van der Waals surface area contributed by atoms with Crippen LogP contribution >= 0.6 is 0 Å². The minimum Gasteiger partial charge on any atom is -0.509 e. The molecular formula is C50H38N5OPd-3. The third-order valence-electron chi connectivity index (χ3n) is 10.4. The van der Waals surface area contributed by atoms with E-state index in [0.717, 1.165) is 66.8 Å². The van der Waals surface area contributed by atoms with E-state index in [9.17, 15) is 0 Å². The Morgan fingerprint density at radius 3 is 2.12 bits per heavy atom. The van der Waals surface area contributed by atoms with E-state index in [0.29, 0.717) is 11.5 Å². The Bertz CT molecular complexity index is 2920. The first-order chi connectivity index (χ1) is 27.4. The van der Waals surface area contributed by atoms with Crippen molar-refractivity contribution >= 4 is 44.2 Å². The molecule has 10 rings (SSSR count). The summed E-state index contributed by atoms with van der Waals surface area (Å²) in [4.78, 5) is 9.21. The molecule has 0 unspecified atom stereocenters. The molecule has 282 valence electrons. The minimum atomic E-state index is 0. The summed E-state index contributed by atoms with van der Waals surface area (Å²) in [6.45, 7) is 8.81. The SMILES string of the molecule is CC(C)(C)c1ccccc1N1C=CN(c2[c-]c(Oc3[c-]c4c(cc3)c3c(c5ccccc5n3-c3ccccc3)n4-c3cc(-c4ccccc4)ccn3)ccc2)[CH-]1.[Pd]. The van der Waals surface area contributed by atoms with E-state index < -0.39 is 0 Å². The Kier molecular flexibility index (Phi) is 9.29. The first-order valence-electron chi connectivity index (χ1n) is 18.9. The van der Waals surface area contributed by atoms with Crippen molar-refractivity contribution in [3.05, 3.63) is 195 Å². The molecule has 9 aromatic rings. The average molecular weight is 831 g/mol. The van der Waals surface area contributed by atoms with Gasteiger partial charge in [0.2, 0.25) is 0 Å². The Morgan fingerprint density at radius 2 is 1.30 bits per heavy atom. The molecule has 3 aromatic heterocycles. The Morgan fingerprint density at radius 1 is 0.596 bits per heavy atom. The number of anilines is 2. The smallest absolute Gasteiger partial charge is 0.136 e. The van der Waals surface area contributed by atoms with Gasteiger partial charge in [-0.25, -0.2) is 4.98 Å². The van der Waals surface area contributed by atoms with Crippen LogP contribution in [-0.4, -0.2) is 14.1 Å². The molecule has 0 bridgehead atoms. The molecule has 57 heavy (non-hydrogen) atoms. The van der Waals surface area contributed by atoms with Crippen molar-refractivity contribution in [1.29, 1.82) is 0 Å². The van der Waals surface area contributed by atoms with Crippen molar-refractivity contribution in [3.63, 3.8) is 0 Å². The molecule has 0 aliphatic carbocycles. The van der Waals surface area contributed by atoms with Gasteiger partial charge < -0.3 is 23.7 Å². The molecule has 0 N–H and O–H groups in total. The predicted octanol–water partition coefficient (Wildman–Crippen LogP) is 12.4. The minimum absolute atomic E-state index is 0. The molecule has 6 aromatic carbocycles. The molecule has 0 atom stereocenters. The van der Waals surface area contributed by atoms with Crippen LogP contribution in [-0.2, 0) is 25.8 Å². The second-order valence-electron chi connectivity index (χ2n) is 15.1. The van der Waals surface area contributed by atoms with E-state index in [1.54, 1.807) is 0 Å². The first kappa shape index (κ1) is 36.3. The number of benzene rings is 6. The number of rotatable bonds is 7. The predicted molar refractivity (Wildman–Crippen MR) is 229 cm³/mol. The first-order valence-corrected chi connectivity index (χ1v) is 18.9.